The highest BCUT2D eigenvalue weighted by Crippen LogP contribution is 2.24. The van der Waals surface area contributed by atoms with Crippen LogP contribution in [0.2, 0.25) is 0 Å². The Bertz CT molecular complexity index is 1430. The number of carboxylic acids is 1. The Hall–Kier alpha value is -5.07. The number of hydrogen-bond acceptors (Lipinski definition) is 8. The monoisotopic (exact) mass is 590 g/mol. The maximum absolute atomic E-state index is 13.0. The molecule has 2 atom stereocenters. The Morgan fingerprint density at radius 3 is 2.23 bits per heavy atom. The molecule has 43 heavy (non-hydrogen) atoms. The Balaban J connectivity index is 1.65. The van der Waals surface area contributed by atoms with Crippen molar-refractivity contribution in [1.29, 1.82) is 0 Å². The predicted molar refractivity (Wildman–Crippen MR) is 161 cm³/mol. The largest absolute Gasteiger partial charge is 0.480 e. The molecular weight excluding hydrogens is 552 g/mol. The van der Waals surface area contributed by atoms with Crippen LogP contribution < -0.4 is 22.1 Å². The summed E-state index contributed by atoms with van der Waals surface area (Å²) in [5.74, 6) is -1.69. The third-order valence-corrected chi connectivity index (χ3v) is 6.26. The Labute approximate surface area is 249 Å². The van der Waals surface area contributed by atoms with Crippen LogP contribution in [-0.4, -0.2) is 46.4 Å². The van der Waals surface area contributed by atoms with Crippen molar-refractivity contribution in [2.24, 2.45) is 32.6 Å². The number of carbonyl (C=O) groups is 3. The number of azo groups is 1. The number of benzene rings is 2. The molecule has 0 spiro atoms. The SMILES string of the molecule is Cc1oc(C(CC(C)C)NC(=O)Cc2ccc(N=Nc3ccccc3)cc2)nc1C(=O)N[C@@H](CCCN=C(N)N)C(=O)O. The molecule has 2 aromatic carbocycles. The van der Waals surface area contributed by atoms with Gasteiger partial charge in [-0.05, 0) is 61.9 Å². The van der Waals surface area contributed by atoms with Gasteiger partial charge in [-0.2, -0.15) is 10.2 Å². The van der Waals surface area contributed by atoms with Crippen LogP contribution in [0.1, 0.15) is 66.9 Å². The number of aromatic nitrogens is 1. The van der Waals surface area contributed by atoms with E-state index in [0.717, 1.165) is 11.3 Å². The van der Waals surface area contributed by atoms with Crippen molar-refractivity contribution in [3.8, 4) is 0 Å². The van der Waals surface area contributed by atoms with Crippen molar-refractivity contribution in [2.75, 3.05) is 6.54 Å². The van der Waals surface area contributed by atoms with Crippen molar-refractivity contribution in [3.05, 3.63) is 77.5 Å². The normalized spacial score (nSPS) is 12.6. The van der Waals surface area contributed by atoms with E-state index in [1.165, 1.54) is 0 Å². The molecule has 13 nitrogen and oxygen atoms in total. The summed E-state index contributed by atoms with van der Waals surface area (Å²) in [6.45, 7) is 5.77. The number of oxazole rings is 1. The number of rotatable bonds is 15. The lowest BCUT2D eigenvalue weighted by molar-refractivity contribution is -0.139. The van der Waals surface area contributed by atoms with Crippen molar-refractivity contribution >= 4 is 35.1 Å². The third kappa shape index (κ3) is 10.7. The summed E-state index contributed by atoms with van der Waals surface area (Å²) in [6, 6.07) is 14.8. The maximum Gasteiger partial charge on any atom is 0.326 e. The second kappa shape index (κ2) is 15.8. The van der Waals surface area contributed by atoms with Crippen LogP contribution >= 0.6 is 0 Å². The summed E-state index contributed by atoms with van der Waals surface area (Å²) in [4.78, 5) is 45.8. The highest BCUT2D eigenvalue weighted by molar-refractivity contribution is 5.95. The zero-order valence-corrected chi connectivity index (χ0v) is 24.5. The first-order valence-electron chi connectivity index (χ1n) is 13.9. The fraction of sp³-hybridized carbons (Fsp3) is 0.367. The lowest BCUT2D eigenvalue weighted by Crippen LogP contribution is -2.41. The van der Waals surface area contributed by atoms with Crippen LogP contribution in [0.5, 0.6) is 0 Å². The van der Waals surface area contributed by atoms with Gasteiger partial charge in [-0.25, -0.2) is 9.78 Å². The standard InChI is InChI=1S/C30H38N8O5/c1-18(2)16-24(34-25(39)17-20-11-13-22(14-12-20)38-37-21-8-5-4-6-9-21)28-36-26(19(3)43-28)27(40)35-23(29(41)42)10-7-15-33-30(31)32/h4-6,8-9,11-14,18,23-24H,7,10,15-17H2,1-3H3,(H,34,39)(H,35,40)(H,41,42)(H4,31,32,33)/t23-,24?/m0/s1. The molecule has 3 aromatic rings. The molecule has 0 fully saturated rings. The average molecular weight is 591 g/mol. The Kier molecular flexibility index (Phi) is 11.9. The van der Waals surface area contributed by atoms with Gasteiger partial charge in [0.05, 0.1) is 17.8 Å². The highest BCUT2D eigenvalue weighted by atomic mass is 16.4. The van der Waals surface area contributed by atoms with E-state index in [2.05, 4.69) is 30.8 Å². The van der Waals surface area contributed by atoms with Crippen molar-refractivity contribution in [2.45, 2.75) is 58.5 Å². The summed E-state index contributed by atoms with van der Waals surface area (Å²) in [7, 11) is 0. The fourth-order valence-corrected chi connectivity index (χ4v) is 4.18. The molecule has 1 heterocycles. The topological polar surface area (TPSA) is 211 Å². The summed E-state index contributed by atoms with van der Waals surface area (Å²) < 4.78 is 5.79. The van der Waals surface area contributed by atoms with Gasteiger partial charge in [-0.3, -0.25) is 14.6 Å². The molecule has 0 saturated heterocycles. The van der Waals surface area contributed by atoms with E-state index in [1.54, 1.807) is 19.1 Å². The molecule has 1 unspecified atom stereocenters. The van der Waals surface area contributed by atoms with E-state index in [9.17, 15) is 19.5 Å². The summed E-state index contributed by atoms with van der Waals surface area (Å²) in [6.07, 6.45) is 1.08. The second-order valence-corrected chi connectivity index (χ2v) is 10.4. The molecule has 0 aliphatic carbocycles. The number of aliphatic carboxylic acids is 1. The van der Waals surface area contributed by atoms with Gasteiger partial charge < -0.3 is 31.6 Å². The van der Waals surface area contributed by atoms with Crippen LogP contribution in [-0.2, 0) is 16.0 Å². The molecule has 0 bridgehead atoms. The number of nitrogens with one attached hydrogen (secondary N) is 2. The lowest BCUT2D eigenvalue weighted by atomic mass is 10.0. The molecule has 2 amide bonds. The Morgan fingerprint density at radius 2 is 1.63 bits per heavy atom. The summed E-state index contributed by atoms with van der Waals surface area (Å²) >= 11 is 0. The van der Waals surface area contributed by atoms with E-state index < -0.39 is 24.0 Å². The van der Waals surface area contributed by atoms with Gasteiger partial charge in [-0.1, -0.05) is 44.2 Å². The maximum atomic E-state index is 13.0. The minimum atomic E-state index is -1.20. The molecule has 0 aliphatic rings. The van der Waals surface area contributed by atoms with E-state index in [0.29, 0.717) is 18.5 Å². The van der Waals surface area contributed by atoms with Crippen LogP contribution in [0, 0.1) is 12.8 Å². The summed E-state index contributed by atoms with van der Waals surface area (Å²) in [5.41, 5.74) is 12.7. The highest BCUT2D eigenvalue weighted by Gasteiger charge is 2.28. The van der Waals surface area contributed by atoms with Gasteiger partial charge in [0.15, 0.2) is 11.7 Å². The van der Waals surface area contributed by atoms with Crippen LogP contribution in [0.15, 0.2) is 74.2 Å². The van der Waals surface area contributed by atoms with Crippen LogP contribution in [0.25, 0.3) is 0 Å². The van der Waals surface area contributed by atoms with Gasteiger partial charge in [0.25, 0.3) is 5.91 Å². The van der Waals surface area contributed by atoms with Crippen molar-refractivity contribution < 1.29 is 23.9 Å². The van der Waals surface area contributed by atoms with E-state index in [1.807, 2.05) is 56.3 Å². The first kappa shape index (κ1) is 32.4. The van der Waals surface area contributed by atoms with Crippen LogP contribution in [0.4, 0.5) is 11.4 Å². The Morgan fingerprint density at radius 1 is 0.977 bits per heavy atom. The number of carbonyl (C=O) groups excluding carboxylic acids is 2. The summed E-state index contributed by atoms with van der Waals surface area (Å²) in [5, 5.41) is 23.4. The first-order valence-corrected chi connectivity index (χ1v) is 13.9. The molecule has 1 aromatic heterocycles. The zero-order chi connectivity index (χ0) is 31.4. The van der Waals surface area contributed by atoms with Gasteiger partial charge in [0.1, 0.15) is 17.8 Å². The molecule has 0 aliphatic heterocycles. The lowest BCUT2D eigenvalue weighted by Gasteiger charge is -2.18. The number of nitrogens with two attached hydrogens (primary N) is 2. The average Bonchev–Trinajstić information content (AvgIpc) is 3.35. The molecule has 3 rings (SSSR count). The second-order valence-electron chi connectivity index (χ2n) is 10.4. The predicted octanol–water partition coefficient (Wildman–Crippen LogP) is 4.08. The zero-order valence-electron chi connectivity index (χ0n) is 24.5. The minimum absolute atomic E-state index is 0.0475. The van der Waals surface area contributed by atoms with Gasteiger partial charge in [-0.15, -0.1) is 0 Å². The quantitative estimate of drug-likeness (QED) is 0.0751. The number of hydrogen-bond donors (Lipinski definition) is 5. The van der Waals surface area contributed by atoms with Gasteiger partial charge in [0, 0.05) is 6.54 Å². The fourth-order valence-electron chi connectivity index (χ4n) is 4.18. The van der Waals surface area contributed by atoms with Crippen molar-refractivity contribution in [3.63, 3.8) is 0 Å². The number of aliphatic imine (C=N–C) groups is 1. The van der Waals surface area contributed by atoms with Gasteiger partial charge >= 0.3 is 5.97 Å². The molecule has 0 radical (unpaired) electrons. The van der Waals surface area contributed by atoms with Crippen LogP contribution in [0.3, 0.4) is 0 Å². The number of aryl methyl sites for hydroxylation is 1. The first-order chi connectivity index (χ1) is 20.5. The third-order valence-electron chi connectivity index (χ3n) is 6.26. The number of nitrogens with zero attached hydrogens (tertiary/aromatic N) is 4. The molecular formula is C30H38N8O5. The number of guanidine groups is 1. The molecule has 0 saturated carbocycles. The molecule has 7 N–H and O–H groups in total. The van der Waals surface area contributed by atoms with E-state index in [4.69, 9.17) is 15.9 Å². The number of carboxylic acid groups (broad SMARTS) is 1. The molecule has 228 valence electrons. The molecule has 13 heteroatoms. The van der Waals surface area contributed by atoms with E-state index in [-0.39, 0.29) is 54.5 Å². The van der Waals surface area contributed by atoms with Gasteiger partial charge in [0.2, 0.25) is 11.8 Å². The van der Waals surface area contributed by atoms with Crippen molar-refractivity contribution in [1.82, 2.24) is 15.6 Å². The minimum Gasteiger partial charge on any atom is -0.480 e. The smallest absolute Gasteiger partial charge is 0.326 e. The number of amides is 2. The van der Waals surface area contributed by atoms with E-state index >= 15 is 0 Å².